The van der Waals surface area contributed by atoms with Crippen LogP contribution in [0.25, 0.3) is 0 Å². The van der Waals surface area contributed by atoms with Gasteiger partial charge in [0.1, 0.15) is 23.2 Å². The van der Waals surface area contributed by atoms with E-state index in [4.69, 9.17) is 0 Å². The first kappa shape index (κ1) is 19.6. The lowest BCUT2D eigenvalue weighted by molar-refractivity contribution is -0.118. The van der Waals surface area contributed by atoms with Crippen molar-refractivity contribution in [3.05, 3.63) is 64.7 Å². The Kier molecular flexibility index (Phi) is 6.08. The minimum absolute atomic E-state index is 0.279. The van der Waals surface area contributed by atoms with Crippen LogP contribution in [0, 0.1) is 31.4 Å². The predicted molar refractivity (Wildman–Crippen MR) is 97.0 cm³/mol. The molecule has 1 atom stereocenters. The van der Waals surface area contributed by atoms with Crippen molar-refractivity contribution in [1.29, 1.82) is 0 Å². The number of nitrogens with one attached hydrogen (secondary N) is 2. The molecule has 4 nitrogen and oxygen atoms in total. The van der Waals surface area contributed by atoms with Crippen LogP contribution in [0.4, 0.5) is 14.5 Å². The number of hydrogen-bond donors (Lipinski definition) is 2. The molecule has 0 fully saturated rings. The zero-order valence-electron chi connectivity index (χ0n) is 15.2. The van der Waals surface area contributed by atoms with Crippen molar-refractivity contribution < 1.29 is 18.4 Å². The third-order valence-corrected chi connectivity index (χ3v) is 4.08. The van der Waals surface area contributed by atoms with Crippen molar-refractivity contribution in [2.45, 2.75) is 33.7 Å². The number of hydrogen-bond acceptors (Lipinski definition) is 2. The highest BCUT2D eigenvalue weighted by molar-refractivity contribution is 6.01. The predicted octanol–water partition coefficient (Wildman–Crippen LogP) is 3.97. The highest BCUT2D eigenvalue weighted by Crippen LogP contribution is 2.18. The summed E-state index contributed by atoms with van der Waals surface area (Å²) in [4.78, 5) is 24.9. The zero-order chi connectivity index (χ0) is 19.4. The van der Waals surface area contributed by atoms with Gasteiger partial charge in [-0.3, -0.25) is 9.59 Å². The Labute approximate surface area is 151 Å². The van der Waals surface area contributed by atoms with Crippen LogP contribution in [-0.2, 0) is 4.79 Å². The normalized spacial score (nSPS) is 12.0. The van der Waals surface area contributed by atoms with Crippen molar-refractivity contribution in [3.63, 3.8) is 0 Å². The minimum Gasteiger partial charge on any atom is -0.340 e. The van der Waals surface area contributed by atoms with Crippen LogP contribution in [0.5, 0.6) is 0 Å². The summed E-state index contributed by atoms with van der Waals surface area (Å²) in [5.41, 5.74) is 1.78. The lowest BCUT2D eigenvalue weighted by Gasteiger charge is -2.22. The van der Waals surface area contributed by atoms with Crippen LogP contribution in [0.2, 0.25) is 0 Å². The van der Waals surface area contributed by atoms with Crippen molar-refractivity contribution in [2.75, 3.05) is 5.32 Å². The average Bonchev–Trinajstić information content (AvgIpc) is 2.55. The number of carbonyl (C=O) groups is 2. The molecule has 0 aromatic heterocycles. The summed E-state index contributed by atoms with van der Waals surface area (Å²) >= 11 is 0. The van der Waals surface area contributed by atoms with Crippen molar-refractivity contribution in [1.82, 2.24) is 5.32 Å². The van der Waals surface area contributed by atoms with Crippen LogP contribution < -0.4 is 10.6 Å². The summed E-state index contributed by atoms with van der Waals surface area (Å²) in [6.07, 6.45) is 0. The Hall–Kier alpha value is -2.76. The highest BCUT2D eigenvalue weighted by Gasteiger charge is 2.27. The minimum atomic E-state index is -0.972. The molecule has 0 aliphatic heterocycles. The van der Waals surface area contributed by atoms with Crippen LogP contribution in [0.1, 0.15) is 35.3 Å². The molecule has 2 amide bonds. The van der Waals surface area contributed by atoms with E-state index in [9.17, 15) is 18.4 Å². The fourth-order valence-electron chi connectivity index (χ4n) is 2.54. The van der Waals surface area contributed by atoms with E-state index < -0.39 is 35.1 Å². The molecule has 0 bridgehead atoms. The Morgan fingerprint density at radius 3 is 2.19 bits per heavy atom. The largest absolute Gasteiger partial charge is 0.340 e. The number of halogens is 2. The van der Waals surface area contributed by atoms with Crippen molar-refractivity contribution in [3.8, 4) is 0 Å². The first-order valence-corrected chi connectivity index (χ1v) is 8.33. The number of rotatable bonds is 5. The van der Waals surface area contributed by atoms with Gasteiger partial charge in [0.05, 0.1) is 0 Å². The first-order valence-electron chi connectivity index (χ1n) is 8.33. The van der Waals surface area contributed by atoms with Gasteiger partial charge in [0.25, 0.3) is 5.91 Å². The summed E-state index contributed by atoms with van der Waals surface area (Å²) < 4.78 is 27.6. The van der Waals surface area contributed by atoms with Crippen molar-refractivity contribution >= 4 is 17.5 Å². The smallest absolute Gasteiger partial charge is 0.257 e. The van der Waals surface area contributed by atoms with Gasteiger partial charge in [-0.05, 0) is 49.1 Å². The van der Waals surface area contributed by atoms with E-state index in [1.807, 2.05) is 32.0 Å². The van der Waals surface area contributed by atoms with Crippen LogP contribution in [0.15, 0.2) is 36.4 Å². The molecule has 0 aliphatic carbocycles. The number of amides is 2. The summed E-state index contributed by atoms with van der Waals surface area (Å²) in [6.45, 7) is 7.24. The summed E-state index contributed by atoms with van der Waals surface area (Å²) in [5, 5.41) is 5.21. The Morgan fingerprint density at radius 2 is 1.62 bits per heavy atom. The molecule has 1 unspecified atom stereocenters. The van der Waals surface area contributed by atoms with Crippen LogP contribution in [0.3, 0.4) is 0 Å². The number of aryl methyl sites for hydroxylation is 2. The van der Waals surface area contributed by atoms with Gasteiger partial charge in [0, 0.05) is 5.69 Å². The van der Waals surface area contributed by atoms with E-state index in [-0.39, 0.29) is 5.92 Å². The first-order chi connectivity index (χ1) is 12.2. The van der Waals surface area contributed by atoms with Gasteiger partial charge in [-0.15, -0.1) is 0 Å². The van der Waals surface area contributed by atoms with E-state index in [2.05, 4.69) is 10.6 Å². The van der Waals surface area contributed by atoms with E-state index >= 15 is 0 Å². The molecule has 0 aliphatic rings. The molecular weight excluding hydrogens is 338 g/mol. The molecule has 0 heterocycles. The maximum atomic E-state index is 13.8. The second-order valence-corrected chi connectivity index (χ2v) is 6.60. The SMILES string of the molecule is Cc1ccc(C)c(NC(=O)C(NC(=O)c2c(F)cccc2F)C(C)C)c1. The monoisotopic (exact) mass is 360 g/mol. The lowest BCUT2D eigenvalue weighted by atomic mass is 10.0. The topological polar surface area (TPSA) is 58.2 Å². The fraction of sp³-hybridized carbons (Fsp3) is 0.300. The third kappa shape index (κ3) is 4.45. The summed E-state index contributed by atoms with van der Waals surface area (Å²) in [5.74, 6) is -3.63. The quantitative estimate of drug-likeness (QED) is 0.847. The van der Waals surface area contributed by atoms with Gasteiger partial charge in [-0.1, -0.05) is 32.0 Å². The van der Waals surface area contributed by atoms with Gasteiger partial charge < -0.3 is 10.6 Å². The molecule has 2 rings (SSSR count). The maximum Gasteiger partial charge on any atom is 0.257 e. The Balaban J connectivity index is 2.22. The third-order valence-electron chi connectivity index (χ3n) is 4.08. The number of carbonyl (C=O) groups excluding carboxylic acids is 2. The molecule has 26 heavy (non-hydrogen) atoms. The number of anilines is 1. The molecule has 6 heteroatoms. The van der Waals surface area contributed by atoms with Gasteiger partial charge in [-0.2, -0.15) is 0 Å². The van der Waals surface area contributed by atoms with Gasteiger partial charge in [-0.25, -0.2) is 8.78 Å². The summed E-state index contributed by atoms with van der Waals surface area (Å²) in [6, 6.07) is 7.85. The molecule has 138 valence electrons. The standard InChI is InChI=1S/C20H22F2N2O2/c1-11(2)18(20(26)23-16-10-12(3)8-9-13(16)4)24-19(25)17-14(21)6-5-7-15(17)22/h5-11,18H,1-4H3,(H,23,26)(H,24,25). The Bertz CT molecular complexity index is 814. The zero-order valence-corrected chi connectivity index (χ0v) is 15.2. The molecular formula is C20H22F2N2O2. The second-order valence-electron chi connectivity index (χ2n) is 6.60. The van der Waals surface area contributed by atoms with Crippen LogP contribution >= 0.6 is 0 Å². The Morgan fingerprint density at radius 1 is 1.00 bits per heavy atom. The maximum absolute atomic E-state index is 13.8. The van der Waals surface area contributed by atoms with E-state index in [0.29, 0.717) is 5.69 Å². The van der Waals surface area contributed by atoms with E-state index in [1.165, 1.54) is 6.07 Å². The molecule has 2 aromatic carbocycles. The second kappa shape index (κ2) is 8.08. The molecule has 2 N–H and O–H groups in total. The fourth-order valence-corrected chi connectivity index (χ4v) is 2.54. The van der Waals surface area contributed by atoms with Gasteiger partial charge in [0.15, 0.2) is 0 Å². The molecule has 0 saturated carbocycles. The lowest BCUT2D eigenvalue weighted by Crippen LogP contribution is -2.47. The molecule has 0 saturated heterocycles. The molecule has 0 spiro atoms. The van der Waals surface area contributed by atoms with Gasteiger partial charge >= 0.3 is 0 Å². The highest BCUT2D eigenvalue weighted by atomic mass is 19.1. The molecule has 2 aromatic rings. The van der Waals surface area contributed by atoms with E-state index in [0.717, 1.165) is 23.3 Å². The van der Waals surface area contributed by atoms with Crippen molar-refractivity contribution in [2.24, 2.45) is 5.92 Å². The van der Waals surface area contributed by atoms with Gasteiger partial charge in [0.2, 0.25) is 5.91 Å². The van der Waals surface area contributed by atoms with E-state index in [1.54, 1.807) is 13.8 Å². The molecule has 0 radical (unpaired) electrons. The number of benzene rings is 2. The van der Waals surface area contributed by atoms with Crippen LogP contribution in [-0.4, -0.2) is 17.9 Å². The average molecular weight is 360 g/mol. The summed E-state index contributed by atoms with van der Waals surface area (Å²) in [7, 11) is 0.